The van der Waals surface area contributed by atoms with Gasteiger partial charge in [-0.25, -0.2) is 0 Å². The van der Waals surface area contributed by atoms with Crippen molar-refractivity contribution in [2.45, 2.75) is 13.0 Å². The number of aliphatic hydroxyl groups excluding tert-OH is 1. The standard InChI is InChI=1S/C10H12ClNO3/c1-6(13)5-12-10(15)7-2-3-9(14)8(11)4-7/h2-4,6,13-14H,5H2,1H3,(H,12,15). The average Bonchev–Trinajstić information content (AvgIpc) is 2.18. The molecule has 15 heavy (non-hydrogen) atoms. The molecule has 3 N–H and O–H groups in total. The van der Waals surface area contributed by atoms with E-state index in [2.05, 4.69) is 5.32 Å². The number of amides is 1. The van der Waals surface area contributed by atoms with Gasteiger partial charge in [-0.3, -0.25) is 4.79 Å². The Bertz CT molecular complexity index is 366. The van der Waals surface area contributed by atoms with Crippen LogP contribution in [0.15, 0.2) is 18.2 Å². The van der Waals surface area contributed by atoms with Crippen molar-refractivity contribution in [1.82, 2.24) is 5.32 Å². The molecule has 0 spiro atoms. The zero-order valence-corrected chi connectivity index (χ0v) is 8.95. The maximum absolute atomic E-state index is 11.5. The second kappa shape index (κ2) is 5.00. The zero-order valence-electron chi connectivity index (χ0n) is 8.20. The van der Waals surface area contributed by atoms with Crippen molar-refractivity contribution in [3.05, 3.63) is 28.8 Å². The number of hydrogen-bond acceptors (Lipinski definition) is 3. The Morgan fingerprint density at radius 2 is 2.27 bits per heavy atom. The number of phenols is 1. The van der Waals surface area contributed by atoms with Gasteiger partial charge in [0.15, 0.2) is 0 Å². The van der Waals surface area contributed by atoms with E-state index in [1.807, 2.05) is 0 Å². The van der Waals surface area contributed by atoms with E-state index in [4.69, 9.17) is 21.8 Å². The van der Waals surface area contributed by atoms with E-state index >= 15 is 0 Å². The van der Waals surface area contributed by atoms with E-state index in [-0.39, 0.29) is 23.2 Å². The molecule has 0 aliphatic carbocycles. The minimum Gasteiger partial charge on any atom is -0.506 e. The van der Waals surface area contributed by atoms with Gasteiger partial charge in [0.25, 0.3) is 5.91 Å². The van der Waals surface area contributed by atoms with Crippen molar-refractivity contribution in [3.8, 4) is 5.75 Å². The van der Waals surface area contributed by atoms with E-state index in [0.717, 1.165) is 0 Å². The summed E-state index contributed by atoms with van der Waals surface area (Å²) in [5.74, 6) is -0.401. The van der Waals surface area contributed by atoms with Crippen molar-refractivity contribution < 1.29 is 15.0 Å². The maximum atomic E-state index is 11.5. The highest BCUT2D eigenvalue weighted by molar-refractivity contribution is 6.32. The predicted octanol–water partition coefficient (Wildman–Crippen LogP) is 1.16. The molecule has 1 aromatic rings. The molecule has 5 heteroatoms. The number of halogens is 1. The van der Waals surface area contributed by atoms with Crippen LogP contribution in [0, 0.1) is 0 Å². The topological polar surface area (TPSA) is 69.6 Å². The Morgan fingerprint density at radius 1 is 1.60 bits per heavy atom. The quantitative estimate of drug-likeness (QED) is 0.729. The highest BCUT2D eigenvalue weighted by Gasteiger charge is 2.08. The molecule has 0 saturated carbocycles. The van der Waals surface area contributed by atoms with Crippen LogP contribution in [0.3, 0.4) is 0 Å². The summed E-state index contributed by atoms with van der Waals surface area (Å²) < 4.78 is 0. The van der Waals surface area contributed by atoms with Gasteiger partial charge in [-0.15, -0.1) is 0 Å². The molecule has 0 bridgehead atoms. The third-order valence-corrected chi connectivity index (χ3v) is 2.07. The molecule has 0 aliphatic heterocycles. The molecule has 0 radical (unpaired) electrons. The van der Waals surface area contributed by atoms with Crippen LogP contribution >= 0.6 is 11.6 Å². The van der Waals surface area contributed by atoms with Crippen LogP contribution in [0.5, 0.6) is 5.75 Å². The molecule has 0 saturated heterocycles. The number of carbonyl (C=O) groups is 1. The SMILES string of the molecule is CC(O)CNC(=O)c1ccc(O)c(Cl)c1. The molecule has 1 amide bonds. The number of aliphatic hydroxyl groups is 1. The first-order chi connectivity index (χ1) is 7.00. The number of hydrogen-bond donors (Lipinski definition) is 3. The Balaban J connectivity index is 2.70. The molecular weight excluding hydrogens is 218 g/mol. The predicted molar refractivity (Wildman–Crippen MR) is 57.1 cm³/mol. The lowest BCUT2D eigenvalue weighted by Gasteiger charge is -2.07. The summed E-state index contributed by atoms with van der Waals surface area (Å²) in [5, 5.41) is 20.7. The second-order valence-electron chi connectivity index (χ2n) is 3.23. The smallest absolute Gasteiger partial charge is 0.251 e. The third-order valence-electron chi connectivity index (χ3n) is 1.77. The van der Waals surface area contributed by atoms with Crippen LogP contribution in [0.4, 0.5) is 0 Å². The fourth-order valence-electron chi connectivity index (χ4n) is 0.991. The zero-order chi connectivity index (χ0) is 11.4. The second-order valence-corrected chi connectivity index (χ2v) is 3.63. The Morgan fingerprint density at radius 3 is 2.80 bits per heavy atom. The van der Waals surface area contributed by atoms with Gasteiger partial charge in [-0.1, -0.05) is 11.6 Å². The lowest BCUT2D eigenvalue weighted by molar-refractivity contribution is 0.0924. The molecule has 1 aromatic carbocycles. The van der Waals surface area contributed by atoms with Crippen molar-refractivity contribution in [3.63, 3.8) is 0 Å². The summed E-state index contributed by atoms with van der Waals surface area (Å²) in [6.07, 6.45) is -0.596. The summed E-state index contributed by atoms with van der Waals surface area (Å²) in [6.45, 7) is 1.75. The maximum Gasteiger partial charge on any atom is 0.251 e. The molecule has 1 unspecified atom stereocenters. The number of carbonyl (C=O) groups excluding carboxylic acids is 1. The van der Waals surface area contributed by atoms with E-state index in [0.29, 0.717) is 5.56 Å². The van der Waals surface area contributed by atoms with Crippen molar-refractivity contribution >= 4 is 17.5 Å². The molecule has 0 aliphatic rings. The fraction of sp³-hybridized carbons (Fsp3) is 0.300. The third kappa shape index (κ3) is 3.42. The number of benzene rings is 1. The Labute approximate surface area is 92.5 Å². The minimum absolute atomic E-state index is 0.0660. The number of phenolic OH excluding ortho intramolecular Hbond substituents is 1. The van der Waals surface area contributed by atoms with Gasteiger partial charge in [0.05, 0.1) is 11.1 Å². The molecule has 0 fully saturated rings. The largest absolute Gasteiger partial charge is 0.506 e. The first-order valence-electron chi connectivity index (χ1n) is 4.45. The van der Waals surface area contributed by atoms with Gasteiger partial charge < -0.3 is 15.5 Å². The van der Waals surface area contributed by atoms with E-state index < -0.39 is 6.10 Å². The normalized spacial score (nSPS) is 12.2. The van der Waals surface area contributed by atoms with Crippen LogP contribution in [0.2, 0.25) is 5.02 Å². The molecule has 0 heterocycles. The minimum atomic E-state index is -0.596. The van der Waals surface area contributed by atoms with E-state index in [9.17, 15) is 4.79 Å². The number of rotatable bonds is 3. The van der Waals surface area contributed by atoms with Crippen molar-refractivity contribution in [2.24, 2.45) is 0 Å². The van der Waals surface area contributed by atoms with Gasteiger partial charge in [-0.2, -0.15) is 0 Å². The van der Waals surface area contributed by atoms with Crippen LogP contribution in [0.1, 0.15) is 17.3 Å². The van der Waals surface area contributed by atoms with Gasteiger partial charge in [-0.05, 0) is 25.1 Å². The first-order valence-corrected chi connectivity index (χ1v) is 4.83. The van der Waals surface area contributed by atoms with Gasteiger partial charge >= 0.3 is 0 Å². The average molecular weight is 230 g/mol. The Kier molecular flexibility index (Phi) is 3.94. The molecule has 82 valence electrons. The van der Waals surface area contributed by atoms with Crippen molar-refractivity contribution in [1.29, 1.82) is 0 Å². The molecule has 4 nitrogen and oxygen atoms in total. The van der Waals surface area contributed by atoms with Gasteiger partial charge in [0.1, 0.15) is 5.75 Å². The summed E-state index contributed by atoms with van der Waals surface area (Å²) in [5.41, 5.74) is 0.346. The number of nitrogens with one attached hydrogen (secondary N) is 1. The molecule has 1 rings (SSSR count). The molecule has 1 atom stereocenters. The summed E-state index contributed by atoms with van der Waals surface area (Å²) >= 11 is 5.64. The summed E-state index contributed by atoms with van der Waals surface area (Å²) in [4.78, 5) is 11.5. The van der Waals surface area contributed by atoms with Gasteiger partial charge in [0.2, 0.25) is 0 Å². The first kappa shape index (κ1) is 11.8. The fourth-order valence-corrected chi connectivity index (χ4v) is 1.17. The molecular formula is C10H12ClNO3. The molecule has 0 aromatic heterocycles. The monoisotopic (exact) mass is 229 g/mol. The van der Waals surface area contributed by atoms with Crippen LogP contribution < -0.4 is 5.32 Å². The van der Waals surface area contributed by atoms with Crippen LogP contribution in [-0.2, 0) is 0 Å². The lowest BCUT2D eigenvalue weighted by Crippen LogP contribution is -2.30. The summed E-state index contributed by atoms with van der Waals surface area (Å²) in [6, 6.07) is 4.17. The highest BCUT2D eigenvalue weighted by Crippen LogP contribution is 2.23. The highest BCUT2D eigenvalue weighted by atomic mass is 35.5. The van der Waals surface area contributed by atoms with Crippen LogP contribution in [0.25, 0.3) is 0 Å². The Hall–Kier alpha value is -1.26. The number of aromatic hydroxyl groups is 1. The van der Waals surface area contributed by atoms with Crippen LogP contribution in [-0.4, -0.2) is 28.8 Å². The lowest BCUT2D eigenvalue weighted by atomic mass is 10.2. The van der Waals surface area contributed by atoms with Crippen molar-refractivity contribution in [2.75, 3.05) is 6.54 Å². The summed E-state index contributed by atoms with van der Waals surface area (Å²) in [7, 11) is 0. The van der Waals surface area contributed by atoms with E-state index in [1.54, 1.807) is 6.92 Å². The van der Waals surface area contributed by atoms with Gasteiger partial charge in [0, 0.05) is 12.1 Å². The van der Waals surface area contributed by atoms with E-state index in [1.165, 1.54) is 18.2 Å².